The quantitative estimate of drug-likeness (QED) is 0.451. The minimum absolute atomic E-state index is 0.0359. The number of rotatable bonds is 3. The molecule has 5 aliphatic rings. The Labute approximate surface area is 178 Å². The summed E-state index contributed by atoms with van der Waals surface area (Å²) >= 11 is 0. The van der Waals surface area contributed by atoms with Crippen LogP contribution in [-0.2, 0) is 0 Å². The van der Waals surface area contributed by atoms with E-state index in [1.165, 1.54) is 96.3 Å². The highest BCUT2D eigenvalue weighted by molar-refractivity contribution is 5.60. The summed E-state index contributed by atoms with van der Waals surface area (Å²) in [5.74, 6) is 2.63. The van der Waals surface area contributed by atoms with E-state index in [0.717, 1.165) is 42.7 Å². The molecule has 0 bridgehead atoms. The fourth-order valence-electron chi connectivity index (χ4n) is 6.78. The van der Waals surface area contributed by atoms with Crippen molar-refractivity contribution in [3.8, 4) is 0 Å². The molecule has 0 spiro atoms. The van der Waals surface area contributed by atoms with Gasteiger partial charge in [0.15, 0.2) is 0 Å². The Morgan fingerprint density at radius 3 is 2.07 bits per heavy atom. The van der Waals surface area contributed by atoms with Crippen LogP contribution < -0.4 is 10.7 Å². The molecule has 5 rings (SSSR count). The van der Waals surface area contributed by atoms with Gasteiger partial charge in [-0.3, -0.25) is 0 Å². The Morgan fingerprint density at radius 2 is 1.34 bits per heavy atom. The smallest absolute Gasteiger partial charge is 0.0540 e. The highest BCUT2D eigenvalue weighted by Crippen LogP contribution is 2.45. The van der Waals surface area contributed by atoms with E-state index in [1.807, 2.05) is 0 Å². The van der Waals surface area contributed by atoms with Crippen LogP contribution in [0.3, 0.4) is 0 Å². The minimum Gasteiger partial charge on any atom is -0.393 e. The van der Waals surface area contributed by atoms with Crippen LogP contribution in [0.2, 0.25) is 0 Å². The van der Waals surface area contributed by atoms with Crippen molar-refractivity contribution in [1.29, 1.82) is 0 Å². The first-order valence-corrected chi connectivity index (χ1v) is 13.0. The number of aliphatic hydroxyl groups excluding tert-OH is 1. The molecular formula is C25H45N3O. The zero-order chi connectivity index (χ0) is 19.9. The summed E-state index contributed by atoms with van der Waals surface area (Å²) in [5.41, 5.74) is 3.44. The van der Waals surface area contributed by atoms with E-state index in [4.69, 9.17) is 5.11 Å². The summed E-state index contributed by atoms with van der Waals surface area (Å²) in [6, 6.07) is 2.32. The van der Waals surface area contributed by atoms with Crippen LogP contribution in [0.15, 0.2) is 5.10 Å². The summed E-state index contributed by atoms with van der Waals surface area (Å²) in [4.78, 5) is 0. The van der Waals surface area contributed by atoms with Gasteiger partial charge in [-0.15, -0.1) is 0 Å². The van der Waals surface area contributed by atoms with Gasteiger partial charge < -0.3 is 15.8 Å². The van der Waals surface area contributed by atoms with Crippen LogP contribution in [0.4, 0.5) is 0 Å². The van der Waals surface area contributed by atoms with Gasteiger partial charge in [-0.1, -0.05) is 51.4 Å². The van der Waals surface area contributed by atoms with Crippen LogP contribution in [0, 0.1) is 17.8 Å². The molecule has 4 heteroatoms. The largest absolute Gasteiger partial charge is 0.393 e. The van der Waals surface area contributed by atoms with Crippen molar-refractivity contribution >= 4 is 6.21 Å². The van der Waals surface area contributed by atoms with E-state index in [2.05, 4.69) is 22.1 Å². The lowest BCUT2D eigenvalue weighted by atomic mass is 9.70. The fraction of sp³-hybridized carbons (Fsp3) is 0.960. The predicted octanol–water partition coefficient (Wildman–Crippen LogP) is 5.15. The molecule has 0 radical (unpaired) electrons. The third kappa shape index (κ3) is 6.19. The normalized spacial score (nSPS) is 38.7. The number of hydrazone groups is 1. The van der Waals surface area contributed by atoms with Crippen molar-refractivity contribution in [2.24, 2.45) is 22.9 Å². The highest BCUT2D eigenvalue weighted by atomic mass is 16.3. The third-order valence-electron chi connectivity index (χ3n) is 8.46. The first-order valence-electron chi connectivity index (χ1n) is 13.0. The predicted molar refractivity (Wildman–Crippen MR) is 121 cm³/mol. The van der Waals surface area contributed by atoms with Crippen molar-refractivity contribution in [2.45, 2.75) is 133 Å². The van der Waals surface area contributed by atoms with Crippen LogP contribution in [0.5, 0.6) is 0 Å². The summed E-state index contributed by atoms with van der Waals surface area (Å²) < 4.78 is 0. The van der Waals surface area contributed by atoms with Gasteiger partial charge in [-0.05, 0) is 75.5 Å². The number of hydrogen-bond acceptors (Lipinski definition) is 4. The molecule has 0 aromatic rings. The highest BCUT2D eigenvalue weighted by Gasteiger charge is 2.45. The molecule has 1 aliphatic heterocycles. The molecule has 0 aromatic heterocycles. The second kappa shape index (κ2) is 11.1. The summed E-state index contributed by atoms with van der Waals surface area (Å²) in [6.45, 7) is 0. The second-order valence-electron chi connectivity index (χ2n) is 10.6. The maximum Gasteiger partial charge on any atom is 0.0540 e. The monoisotopic (exact) mass is 403 g/mol. The lowest BCUT2D eigenvalue weighted by Gasteiger charge is -2.34. The average molecular weight is 404 g/mol. The second-order valence-corrected chi connectivity index (χ2v) is 10.6. The Morgan fingerprint density at radius 1 is 0.690 bits per heavy atom. The molecule has 1 saturated heterocycles. The lowest BCUT2D eigenvalue weighted by molar-refractivity contribution is 0.130. The zero-order valence-corrected chi connectivity index (χ0v) is 18.5. The van der Waals surface area contributed by atoms with Gasteiger partial charge in [0, 0.05) is 24.3 Å². The summed E-state index contributed by atoms with van der Waals surface area (Å²) in [6.07, 6.45) is 24.9. The topological polar surface area (TPSA) is 56.7 Å². The van der Waals surface area contributed by atoms with Crippen molar-refractivity contribution in [1.82, 2.24) is 10.7 Å². The molecule has 4 saturated carbocycles. The maximum atomic E-state index is 8.91. The number of aliphatic hydroxyl groups is 1. The van der Waals surface area contributed by atoms with Crippen molar-refractivity contribution < 1.29 is 5.11 Å². The zero-order valence-electron chi connectivity index (χ0n) is 18.5. The number of nitrogens with zero attached hydrogens (tertiary/aromatic N) is 1. The molecule has 4 aliphatic carbocycles. The van der Waals surface area contributed by atoms with Crippen LogP contribution in [0.25, 0.3) is 0 Å². The van der Waals surface area contributed by atoms with Gasteiger partial charge in [0.1, 0.15) is 0 Å². The molecule has 3 N–H and O–H groups in total. The fourth-order valence-corrected chi connectivity index (χ4v) is 6.78. The van der Waals surface area contributed by atoms with Crippen LogP contribution in [-0.4, -0.2) is 35.6 Å². The van der Waals surface area contributed by atoms with Crippen molar-refractivity contribution in [3.05, 3.63) is 0 Å². The van der Waals surface area contributed by atoms with E-state index >= 15 is 0 Å². The molecule has 166 valence electrons. The van der Waals surface area contributed by atoms with E-state index < -0.39 is 0 Å². The number of fused-ring (bicyclic) bond motifs is 3. The number of hydrogen-bond donors (Lipinski definition) is 3. The van der Waals surface area contributed by atoms with E-state index in [9.17, 15) is 0 Å². The molecular weight excluding hydrogens is 358 g/mol. The average Bonchev–Trinajstić information content (AvgIpc) is 3.14. The van der Waals surface area contributed by atoms with Crippen molar-refractivity contribution in [2.75, 3.05) is 0 Å². The summed E-state index contributed by atoms with van der Waals surface area (Å²) in [5, 5.41) is 17.5. The maximum absolute atomic E-state index is 8.91. The van der Waals surface area contributed by atoms with Gasteiger partial charge in [0.25, 0.3) is 0 Å². The molecule has 5 unspecified atom stereocenters. The minimum atomic E-state index is 0.0359. The molecule has 29 heavy (non-hydrogen) atoms. The third-order valence-corrected chi connectivity index (χ3v) is 8.46. The summed E-state index contributed by atoms with van der Waals surface area (Å²) in [7, 11) is 0. The van der Waals surface area contributed by atoms with Crippen molar-refractivity contribution in [3.63, 3.8) is 0 Å². The van der Waals surface area contributed by atoms with E-state index in [1.54, 1.807) is 0 Å². The Kier molecular flexibility index (Phi) is 8.30. The number of nitrogens with one attached hydrogen (secondary N) is 2. The van der Waals surface area contributed by atoms with Crippen LogP contribution >= 0.6 is 0 Å². The van der Waals surface area contributed by atoms with Gasteiger partial charge in [-0.25, -0.2) is 0 Å². The molecule has 1 heterocycles. The SMILES string of the molecule is C(=N\NC1CCCCC1)/C1CCC2NC3CCCCC3C2C1.OC1CCCCC1. The van der Waals surface area contributed by atoms with Gasteiger partial charge >= 0.3 is 0 Å². The standard InChI is InChI=1S/C19H33N3.C6H12O/c1-2-6-15(7-3-1)22-20-13-14-10-11-19-17(12-14)16-8-4-5-9-18(16)21-19;7-6-4-2-1-3-5-6/h13-19,21-22H,1-12H2;6-7H,1-5H2/b20-13+;. The first kappa shape index (κ1) is 21.6. The van der Waals surface area contributed by atoms with Crippen LogP contribution in [0.1, 0.15) is 109 Å². The molecule has 0 amide bonds. The molecule has 0 aromatic carbocycles. The molecule has 4 nitrogen and oxygen atoms in total. The Hall–Kier alpha value is -0.610. The first-order chi connectivity index (χ1) is 14.3. The van der Waals surface area contributed by atoms with Gasteiger partial charge in [-0.2, -0.15) is 5.10 Å². The van der Waals surface area contributed by atoms with Gasteiger partial charge in [0.05, 0.1) is 6.10 Å². The van der Waals surface area contributed by atoms with E-state index in [-0.39, 0.29) is 6.10 Å². The van der Waals surface area contributed by atoms with E-state index in [0.29, 0.717) is 6.04 Å². The molecule has 5 atom stereocenters. The lowest BCUT2D eigenvalue weighted by Crippen LogP contribution is -2.35. The Balaban J connectivity index is 0.000000249. The van der Waals surface area contributed by atoms with Gasteiger partial charge in [0.2, 0.25) is 0 Å². The Bertz CT molecular complexity index is 498. The molecule has 5 fully saturated rings.